The van der Waals surface area contributed by atoms with Crippen LogP contribution in [0.15, 0.2) is 30.7 Å². The van der Waals surface area contributed by atoms with Crippen molar-refractivity contribution in [3.8, 4) is 21.7 Å². The molecular weight excluding hydrogens is 440 g/mol. The number of nitrogens with zero attached hydrogens (tertiary/aromatic N) is 6. The molecule has 8 nitrogen and oxygen atoms in total. The molecule has 1 aliphatic heterocycles. The summed E-state index contributed by atoms with van der Waals surface area (Å²) in [5, 5.41) is 17.5. The van der Waals surface area contributed by atoms with Crippen LogP contribution in [-0.2, 0) is 0 Å². The minimum Gasteiger partial charge on any atom is -0.348 e. The van der Waals surface area contributed by atoms with E-state index in [9.17, 15) is 0 Å². The Bertz CT molecular complexity index is 1350. The minimum atomic E-state index is 0.529. The van der Waals surface area contributed by atoms with Gasteiger partial charge in [-0.1, -0.05) is 28.7 Å². The summed E-state index contributed by atoms with van der Waals surface area (Å²) < 4.78 is 0. The van der Waals surface area contributed by atoms with E-state index in [1.54, 1.807) is 22.7 Å². The van der Waals surface area contributed by atoms with Crippen LogP contribution in [0.25, 0.3) is 42.3 Å². The second-order valence-electron chi connectivity index (χ2n) is 8.55. The third-order valence-electron chi connectivity index (χ3n) is 6.65. The molecule has 2 N–H and O–H groups in total. The Kier molecular flexibility index (Phi) is 4.74. The zero-order valence-electron chi connectivity index (χ0n) is 18.2. The fourth-order valence-corrected chi connectivity index (χ4v) is 6.64. The summed E-state index contributed by atoms with van der Waals surface area (Å²) in [6, 6.07) is 5.35. The highest BCUT2D eigenvalue weighted by molar-refractivity contribution is 7.29. The first-order valence-electron chi connectivity index (χ1n) is 10.7. The van der Waals surface area contributed by atoms with E-state index < -0.39 is 0 Å². The van der Waals surface area contributed by atoms with Gasteiger partial charge >= 0.3 is 0 Å². The van der Waals surface area contributed by atoms with Crippen molar-refractivity contribution < 1.29 is 0 Å². The Morgan fingerprint density at radius 2 is 1.94 bits per heavy atom. The second kappa shape index (κ2) is 7.65. The molecule has 1 aliphatic rings. The highest BCUT2D eigenvalue weighted by Crippen LogP contribution is 2.40. The summed E-state index contributed by atoms with van der Waals surface area (Å²) in [5.41, 5.74) is 4.18. The van der Waals surface area contributed by atoms with Crippen molar-refractivity contribution in [2.24, 2.45) is 0 Å². The van der Waals surface area contributed by atoms with E-state index in [2.05, 4.69) is 63.3 Å². The monoisotopic (exact) mass is 464 g/mol. The van der Waals surface area contributed by atoms with Crippen LogP contribution < -0.4 is 4.90 Å². The quantitative estimate of drug-likeness (QED) is 0.404. The molecule has 2 atom stereocenters. The van der Waals surface area contributed by atoms with Gasteiger partial charge in [0.25, 0.3) is 0 Å². The summed E-state index contributed by atoms with van der Waals surface area (Å²) in [4.78, 5) is 16.7. The Labute approximate surface area is 193 Å². The molecule has 1 aromatic carbocycles. The van der Waals surface area contributed by atoms with Gasteiger partial charge in [-0.05, 0) is 38.4 Å². The molecule has 10 heteroatoms. The van der Waals surface area contributed by atoms with Gasteiger partial charge in [-0.25, -0.2) is 9.97 Å². The van der Waals surface area contributed by atoms with Crippen LogP contribution in [-0.4, -0.2) is 68.0 Å². The van der Waals surface area contributed by atoms with Gasteiger partial charge < -0.3 is 9.80 Å². The number of hydrogen-bond donors (Lipinski definition) is 2. The number of fused-ring (bicyclic) bond motifs is 2. The summed E-state index contributed by atoms with van der Waals surface area (Å²) in [7, 11) is 4.39. The van der Waals surface area contributed by atoms with Crippen LogP contribution in [0, 0.1) is 0 Å². The Morgan fingerprint density at radius 3 is 2.72 bits per heavy atom. The maximum absolute atomic E-state index is 4.95. The zero-order chi connectivity index (χ0) is 21.8. The molecule has 1 fully saturated rings. The number of likely N-dealkylation sites (tertiary alicyclic amines) is 1. The molecule has 32 heavy (non-hydrogen) atoms. The number of thiazole rings is 2. The van der Waals surface area contributed by atoms with E-state index in [0.29, 0.717) is 12.1 Å². The van der Waals surface area contributed by atoms with Gasteiger partial charge in [0.15, 0.2) is 14.8 Å². The predicted molar refractivity (Wildman–Crippen MR) is 131 cm³/mol. The van der Waals surface area contributed by atoms with E-state index in [1.807, 2.05) is 18.6 Å². The third-order valence-corrected chi connectivity index (χ3v) is 8.80. The molecule has 0 aliphatic carbocycles. The normalized spacial score (nSPS) is 19.8. The summed E-state index contributed by atoms with van der Waals surface area (Å²) >= 11 is 3.33. The lowest BCUT2D eigenvalue weighted by Gasteiger charge is -2.39. The Balaban J connectivity index is 1.32. The lowest BCUT2D eigenvalue weighted by molar-refractivity contribution is 0.181. The number of aromatic amines is 2. The first-order valence-corrected chi connectivity index (χ1v) is 12.4. The largest absolute Gasteiger partial charge is 0.348 e. The summed E-state index contributed by atoms with van der Waals surface area (Å²) in [6.45, 7) is 3.44. The van der Waals surface area contributed by atoms with Gasteiger partial charge in [0.1, 0.15) is 5.01 Å². The number of aromatic nitrogens is 6. The average Bonchev–Trinajstić information content (AvgIpc) is 3.57. The van der Waals surface area contributed by atoms with Crippen LogP contribution in [0.1, 0.15) is 19.8 Å². The minimum absolute atomic E-state index is 0.529. The van der Waals surface area contributed by atoms with Gasteiger partial charge in [-0.2, -0.15) is 10.2 Å². The first kappa shape index (κ1) is 19.8. The highest BCUT2D eigenvalue weighted by Gasteiger charge is 2.28. The molecule has 5 aromatic rings. The summed E-state index contributed by atoms with van der Waals surface area (Å²) in [5.74, 6) is 0. The van der Waals surface area contributed by atoms with Crippen molar-refractivity contribution in [1.29, 1.82) is 0 Å². The van der Waals surface area contributed by atoms with E-state index in [4.69, 9.17) is 9.97 Å². The van der Waals surface area contributed by atoms with Crippen LogP contribution >= 0.6 is 22.7 Å². The molecule has 0 saturated carbocycles. The fraction of sp³-hybridized carbons (Fsp3) is 0.364. The van der Waals surface area contributed by atoms with Crippen molar-refractivity contribution in [2.75, 3.05) is 25.5 Å². The van der Waals surface area contributed by atoms with Crippen molar-refractivity contribution in [2.45, 2.75) is 31.8 Å². The second-order valence-corrected chi connectivity index (χ2v) is 10.5. The number of piperidine rings is 1. The van der Waals surface area contributed by atoms with Gasteiger partial charge in [0.05, 0.1) is 17.9 Å². The predicted octanol–water partition coefficient (Wildman–Crippen LogP) is 4.61. The third kappa shape index (κ3) is 3.21. The lowest BCUT2D eigenvalue weighted by atomic mass is 9.98. The smallest absolute Gasteiger partial charge is 0.188 e. The Hall–Kier alpha value is -2.82. The summed E-state index contributed by atoms with van der Waals surface area (Å²) in [6.07, 6.45) is 7.93. The van der Waals surface area contributed by atoms with E-state index >= 15 is 0 Å². The molecule has 5 heterocycles. The van der Waals surface area contributed by atoms with E-state index in [0.717, 1.165) is 53.9 Å². The SMILES string of the molecule is CC1CC(N(C)c2nc3sc(-c4ccc(-c5cn[nH]c5)c5cn[nH]c45)nc3s2)CCN1C. The van der Waals surface area contributed by atoms with Gasteiger partial charge in [-0.15, -0.1) is 0 Å². The molecule has 0 spiro atoms. The number of benzene rings is 1. The molecule has 4 aromatic heterocycles. The fourth-order valence-electron chi connectivity index (χ4n) is 4.53. The maximum Gasteiger partial charge on any atom is 0.188 e. The number of anilines is 1. The molecule has 164 valence electrons. The topological polar surface area (TPSA) is 89.6 Å². The molecular formula is C22H24N8S2. The van der Waals surface area contributed by atoms with Crippen molar-refractivity contribution in [3.63, 3.8) is 0 Å². The van der Waals surface area contributed by atoms with Gasteiger partial charge in [0.2, 0.25) is 0 Å². The molecule has 0 radical (unpaired) electrons. The van der Waals surface area contributed by atoms with Crippen molar-refractivity contribution in [3.05, 3.63) is 30.7 Å². The van der Waals surface area contributed by atoms with Crippen LogP contribution in [0.5, 0.6) is 0 Å². The molecule has 0 bridgehead atoms. The molecule has 6 rings (SSSR count). The highest BCUT2D eigenvalue weighted by atomic mass is 32.1. The lowest BCUT2D eigenvalue weighted by Crippen LogP contribution is -2.46. The number of hydrogen-bond acceptors (Lipinski definition) is 8. The molecule has 2 unspecified atom stereocenters. The average molecular weight is 465 g/mol. The van der Waals surface area contributed by atoms with Gasteiger partial charge in [0, 0.05) is 48.4 Å². The van der Waals surface area contributed by atoms with E-state index in [-0.39, 0.29) is 0 Å². The number of rotatable bonds is 4. The van der Waals surface area contributed by atoms with Crippen LogP contribution in [0.2, 0.25) is 0 Å². The van der Waals surface area contributed by atoms with Crippen molar-refractivity contribution >= 4 is 48.4 Å². The van der Waals surface area contributed by atoms with Crippen LogP contribution in [0.4, 0.5) is 5.13 Å². The number of H-pyrrole nitrogens is 2. The molecule has 1 saturated heterocycles. The van der Waals surface area contributed by atoms with Crippen LogP contribution in [0.3, 0.4) is 0 Å². The Morgan fingerprint density at radius 1 is 1.09 bits per heavy atom. The standard InChI is InChI=1S/C22H24N8S2/c1-12-8-14(6-7-29(12)2)30(3)22-27-21-20(32-22)26-19(31-21)16-5-4-15(13-9-23-24-10-13)17-11-25-28-18(16)17/h4-5,9-12,14H,6-8H2,1-3H3,(H,23,24)(H,25,28). The van der Waals surface area contributed by atoms with Gasteiger partial charge in [-0.3, -0.25) is 10.2 Å². The molecule has 0 amide bonds. The van der Waals surface area contributed by atoms with E-state index in [1.165, 1.54) is 12.8 Å². The number of nitrogens with one attached hydrogen (secondary N) is 2. The maximum atomic E-state index is 4.95. The van der Waals surface area contributed by atoms with Crippen molar-refractivity contribution in [1.82, 2.24) is 35.3 Å². The first-order chi connectivity index (χ1) is 15.6. The zero-order valence-corrected chi connectivity index (χ0v) is 19.8.